The first kappa shape index (κ1) is 21.3. The summed E-state index contributed by atoms with van der Waals surface area (Å²) in [5, 5.41) is 7.16. The molecule has 0 N–H and O–H groups in total. The molecule has 0 bridgehead atoms. The summed E-state index contributed by atoms with van der Waals surface area (Å²) in [5.74, 6) is 0. The number of unbranched alkanes of at least 4 members (excludes halogenated alkanes) is 1. The number of rotatable bonds is 9. The fourth-order valence-corrected chi connectivity index (χ4v) is 3.84. The average Bonchev–Trinajstić information content (AvgIpc) is 2.67. The number of benzene rings is 1. The number of aryl methyl sites for hydroxylation is 1. The van der Waals surface area contributed by atoms with Gasteiger partial charge in [0.15, 0.2) is 0 Å². The van der Waals surface area contributed by atoms with Crippen molar-refractivity contribution < 1.29 is 13.9 Å². The Morgan fingerprint density at radius 2 is 2.00 bits per heavy atom. The molecule has 27 heavy (non-hydrogen) atoms. The van der Waals surface area contributed by atoms with Gasteiger partial charge in [-0.1, -0.05) is 53.0 Å². The molecule has 2 rings (SSSR count). The lowest BCUT2D eigenvalue weighted by atomic mass is 9.99. The van der Waals surface area contributed by atoms with Gasteiger partial charge in [-0.2, -0.15) is 0 Å². The standard InChI is InChI=1S/C17H23FN6O2S/c1-3-4-9-25-16-13(10-21-23-19)26-17(15(14(16)18)22-24-20)27-12-7-5-11(2)6-8-12/h5-8,13-17H,3-4,9-10H2,1-2H3/t13-,14-,15-,16-,17+/m1/s1. The largest absolute Gasteiger partial charge is 0.372 e. The Hall–Kier alpha value is -1.96. The van der Waals surface area contributed by atoms with E-state index in [9.17, 15) is 0 Å². The fraction of sp³-hybridized carbons (Fsp3) is 0.647. The quantitative estimate of drug-likeness (QED) is 0.244. The SMILES string of the molecule is CCCCO[C@H]1[C@H](F)[C@@H](N=[N+]=[N-])[C@H](Sc2ccc(C)cc2)O[C@@H]1CN=[N+]=[N-]. The Morgan fingerprint density at radius 1 is 1.26 bits per heavy atom. The molecule has 0 radical (unpaired) electrons. The van der Waals surface area contributed by atoms with E-state index < -0.39 is 29.9 Å². The van der Waals surface area contributed by atoms with Crippen molar-refractivity contribution in [1.29, 1.82) is 0 Å². The molecule has 1 aromatic carbocycles. The zero-order chi connectivity index (χ0) is 19.6. The van der Waals surface area contributed by atoms with Gasteiger partial charge in [0.2, 0.25) is 0 Å². The minimum atomic E-state index is -1.56. The van der Waals surface area contributed by atoms with E-state index in [1.807, 2.05) is 38.1 Å². The molecule has 0 unspecified atom stereocenters. The highest BCUT2D eigenvalue weighted by Crippen LogP contribution is 2.37. The summed E-state index contributed by atoms with van der Waals surface area (Å²) in [6, 6.07) is 6.63. The normalized spacial score (nSPS) is 27.4. The lowest BCUT2D eigenvalue weighted by Gasteiger charge is -2.41. The number of hydrogen-bond donors (Lipinski definition) is 0. The molecular formula is C17H23FN6O2S. The molecule has 0 aromatic heterocycles. The lowest BCUT2D eigenvalue weighted by molar-refractivity contribution is -0.153. The summed E-state index contributed by atoms with van der Waals surface area (Å²) in [7, 11) is 0. The topological polar surface area (TPSA) is 116 Å². The van der Waals surface area contributed by atoms with Gasteiger partial charge in [-0.05, 0) is 36.5 Å². The van der Waals surface area contributed by atoms with E-state index in [0.717, 1.165) is 23.3 Å². The van der Waals surface area contributed by atoms with Gasteiger partial charge in [-0.25, -0.2) is 4.39 Å². The van der Waals surface area contributed by atoms with Gasteiger partial charge in [0, 0.05) is 21.3 Å². The third-order valence-corrected chi connectivity index (χ3v) is 5.35. The zero-order valence-corrected chi connectivity index (χ0v) is 16.1. The first-order chi connectivity index (χ1) is 13.1. The van der Waals surface area contributed by atoms with Crippen molar-refractivity contribution in [2.45, 2.75) is 61.4 Å². The molecule has 1 fully saturated rings. The predicted molar refractivity (Wildman–Crippen MR) is 102 cm³/mol. The maximum absolute atomic E-state index is 15.2. The van der Waals surface area contributed by atoms with Crippen LogP contribution in [0.5, 0.6) is 0 Å². The summed E-state index contributed by atoms with van der Waals surface area (Å²) in [5.41, 5.74) is 17.9. The van der Waals surface area contributed by atoms with Gasteiger partial charge in [0.25, 0.3) is 0 Å². The van der Waals surface area contributed by atoms with Crippen LogP contribution in [0.3, 0.4) is 0 Å². The Labute approximate surface area is 161 Å². The third-order valence-electron chi connectivity index (χ3n) is 4.19. The van der Waals surface area contributed by atoms with Crippen molar-refractivity contribution in [3.8, 4) is 0 Å². The molecule has 1 heterocycles. The fourth-order valence-electron chi connectivity index (χ4n) is 2.73. The zero-order valence-electron chi connectivity index (χ0n) is 15.3. The summed E-state index contributed by atoms with van der Waals surface area (Å²) in [6.45, 7) is 4.28. The summed E-state index contributed by atoms with van der Waals surface area (Å²) >= 11 is 1.28. The van der Waals surface area contributed by atoms with Crippen LogP contribution < -0.4 is 0 Å². The molecule has 10 heteroatoms. The molecule has 1 aliphatic rings. The summed E-state index contributed by atoms with van der Waals surface area (Å²) < 4.78 is 26.8. The highest BCUT2D eigenvalue weighted by molar-refractivity contribution is 7.99. The molecule has 8 nitrogen and oxygen atoms in total. The Kier molecular flexibility index (Phi) is 8.71. The molecule has 0 aliphatic carbocycles. The smallest absolute Gasteiger partial charge is 0.141 e. The first-order valence-electron chi connectivity index (χ1n) is 8.80. The van der Waals surface area contributed by atoms with Crippen LogP contribution in [0.4, 0.5) is 4.39 Å². The van der Waals surface area contributed by atoms with Crippen molar-refractivity contribution in [1.82, 2.24) is 0 Å². The second-order valence-corrected chi connectivity index (χ2v) is 7.39. The van der Waals surface area contributed by atoms with Crippen LogP contribution in [-0.4, -0.2) is 43.0 Å². The highest BCUT2D eigenvalue weighted by Gasteiger charge is 2.46. The second-order valence-electron chi connectivity index (χ2n) is 6.22. The van der Waals surface area contributed by atoms with E-state index in [1.165, 1.54) is 11.8 Å². The van der Waals surface area contributed by atoms with E-state index in [0.29, 0.717) is 6.61 Å². The summed E-state index contributed by atoms with van der Waals surface area (Å²) in [6.07, 6.45) is -1.59. The Bertz CT molecular complexity index is 691. The third kappa shape index (κ3) is 6.02. The van der Waals surface area contributed by atoms with Crippen molar-refractivity contribution in [3.63, 3.8) is 0 Å². The maximum atomic E-state index is 15.2. The van der Waals surface area contributed by atoms with Gasteiger partial charge in [-0.3, -0.25) is 0 Å². The van der Waals surface area contributed by atoms with E-state index in [1.54, 1.807) is 0 Å². The van der Waals surface area contributed by atoms with Crippen molar-refractivity contribution >= 4 is 11.8 Å². The van der Waals surface area contributed by atoms with Crippen molar-refractivity contribution in [2.24, 2.45) is 10.2 Å². The minimum absolute atomic E-state index is 0.0539. The molecule has 146 valence electrons. The van der Waals surface area contributed by atoms with Gasteiger partial charge in [0.05, 0.1) is 12.6 Å². The van der Waals surface area contributed by atoms with E-state index in [2.05, 4.69) is 20.1 Å². The van der Waals surface area contributed by atoms with Crippen LogP contribution in [0.15, 0.2) is 39.4 Å². The number of ether oxygens (including phenoxy) is 2. The highest BCUT2D eigenvalue weighted by atomic mass is 32.2. The van der Waals surface area contributed by atoms with Crippen LogP contribution >= 0.6 is 11.8 Å². The van der Waals surface area contributed by atoms with Gasteiger partial charge in [0.1, 0.15) is 23.8 Å². The van der Waals surface area contributed by atoms with Crippen LogP contribution in [0.2, 0.25) is 0 Å². The average molecular weight is 394 g/mol. The van der Waals surface area contributed by atoms with Crippen molar-refractivity contribution in [3.05, 3.63) is 50.7 Å². The number of nitrogens with zero attached hydrogens (tertiary/aromatic N) is 6. The van der Waals surface area contributed by atoms with Gasteiger partial charge in [-0.15, -0.1) is 0 Å². The first-order valence-corrected chi connectivity index (χ1v) is 9.68. The van der Waals surface area contributed by atoms with Crippen LogP contribution in [-0.2, 0) is 9.47 Å². The minimum Gasteiger partial charge on any atom is -0.372 e. The maximum Gasteiger partial charge on any atom is 0.141 e. The Balaban J connectivity index is 2.22. The van der Waals surface area contributed by atoms with Crippen LogP contribution in [0.25, 0.3) is 20.9 Å². The second kappa shape index (κ2) is 11.0. The van der Waals surface area contributed by atoms with Crippen LogP contribution in [0.1, 0.15) is 25.3 Å². The van der Waals surface area contributed by atoms with E-state index in [-0.39, 0.29) is 6.54 Å². The predicted octanol–water partition coefficient (Wildman–Crippen LogP) is 5.32. The molecule has 1 saturated heterocycles. The number of azide groups is 2. The molecule has 5 atom stereocenters. The summed E-state index contributed by atoms with van der Waals surface area (Å²) in [4.78, 5) is 6.39. The molecular weight excluding hydrogens is 371 g/mol. The Morgan fingerprint density at radius 3 is 2.63 bits per heavy atom. The van der Waals surface area contributed by atoms with Gasteiger partial charge < -0.3 is 9.47 Å². The van der Waals surface area contributed by atoms with Crippen molar-refractivity contribution in [2.75, 3.05) is 13.2 Å². The molecule has 0 amide bonds. The van der Waals surface area contributed by atoms with E-state index in [4.69, 9.17) is 20.5 Å². The molecule has 0 saturated carbocycles. The van der Waals surface area contributed by atoms with Crippen LogP contribution in [0, 0.1) is 6.92 Å². The monoisotopic (exact) mass is 394 g/mol. The number of hydrogen-bond acceptors (Lipinski definition) is 5. The molecule has 1 aliphatic heterocycles. The number of alkyl halides is 1. The van der Waals surface area contributed by atoms with Gasteiger partial charge >= 0.3 is 0 Å². The number of halogens is 1. The van der Waals surface area contributed by atoms with E-state index >= 15 is 4.39 Å². The molecule has 1 aromatic rings. The number of thioether (sulfide) groups is 1. The molecule has 0 spiro atoms. The lowest BCUT2D eigenvalue weighted by Crippen LogP contribution is -2.56.